The van der Waals surface area contributed by atoms with Crippen LogP contribution in [0.4, 0.5) is 4.39 Å². The normalized spacial score (nSPS) is 10.0. The Morgan fingerprint density at radius 2 is 2.10 bits per heavy atom. The average molecular weight is 289 g/mol. The van der Waals surface area contributed by atoms with E-state index in [2.05, 4.69) is 12.6 Å². The maximum Gasteiger partial charge on any atom is 0.156 e. The van der Waals surface area contributed by atoms with Gasteiger partial charge in [0.1, 0.15) is 0 Å². The van der Waals surface area contributed by atoms with Crippen molar-refractivity contribution in [2.24, 2.45) is 0 Å². The van der Waals surface area contributed by atoms with Crippen LogP contribution < -0.4 is 0 Å². The molecular formula is C6H3ClFIS. The molecular weight excluding hydrogens is 285 g/mol. The van der Waals surface area contributed by atoms with Crippen LogP contribution in [0.15, 0.2) is 17.0 Å². The summed E-state index contributed by atoms with van der Waals surface area (Å²) < 4.78 is 13.5. The molecule has 0 saturated heterocycles. The van der Waals surface area contributed by atoms with Crippen molar-refractivity contribution in [3.05, 3.63) is 26.5 Å². The lowest BCUT2D eigenvalue weighted by Crippen LogP contribution is -1.82. The van der Waals surface area contributed by atoms with Crippen molar-refractivity contribution in [3.63, 3.8) is 0 Å². The third-order valence-electron chi connectivity index (χ3n) is 1.01. The summed E-state index contributed by atoms with van der Waals surface area (Å²) in [6, 6.07) is 3.29. The quantitative estimate of drug-likeness (QED) is 0.422. The highest BCUT2D eigenvalue weighted by atomic mass is 127. The zero-order valence-electron chi connectivity index (χ0n) is 4.74. The minimum absolute atomic E-state index is 0.146. The van der Waals surface area contributed by atoms with Crippen LogP contribution in [0.1, 0.15) is 0 Å². The summed E-state index contributed by atoms with van der Waals surface area (Å²) in [5, 5.41) is 0.146. The molecule has 0 nitrogen and oxygen atoms in total. The first kappa shape index (κ1) is 8.62. The van der Waals surface area contributed by atoms with Crippen molar-refractivity contribution in [3.8, 4) is 0 Å². The van der Waals surface area contributed by atoms with Crippen LogP contribution >= 0.6 is 46.8 Å². The number of halogens is 3. The molecule has 0 fully saturated rings. The van der Waals surface area contributed by atoms with E-state index in [0.29, 0.717) is 3.57 Å². The van der Waals surface area contributed by atoms with E-state index in [1.807, 2.05) is 22.6 Å². The maximum atomic E-state index is 12.8. The highest BCUT2D eigenvalue weighted by molar-refractivity contribution is 14.1. The Hall–Kier alpha value is 0.520. The first-order chi connectivity index (χ1) is 4.63. The zero-order valence-corrected chi connectivity index (χ0v) is 8.54. The summed E-state index contributed by atoms with van der Waals surface area (Å²) in [6.45, 7) is 0. The molecule has 0 heterocycles. The first-order valence-corrected chi connectivity index (χ1v) is 4.36. The summed E-state index contributed by atoms with van der Waals surface area (Å²) in [5.74, 6) is -0.447. The Kier molecular flexibility index (Phi) is 2.82. The lowest BCUT2D eigenvalue weighted by Gasteiger charge is -1.98. The third kappa shape index (κ3) is 1.57. The number of benzene rings is 1. The van der Waals surface area contributed by atoms with Gasteiger partial charge in [-0.15, -0.1) is 12.6 Å². The standard InChI is InChI=1S/C6H3ClFIS/c7-5-3(9)1-2-4(10)6(5)8/h1-2,10H. The first-order valence-electron chi connectivity index (χ1n) is 2.45. The van der Waals surface area contributed by atoms with Crippen LogP contribution in [0.5, 0.6) is 0 Å². The second-order valence-electron chi connectivity index (χ2n) is 1.69. The molecule has 0 bridgehead atoms. The fraction of sp³-hybridized carbons (Fsp3) is 0. The lowest BCUT2D eigenvalue weighted by atomic mass is 10.3. The van der Waals surface area contributed by atoms with E-state index < -0.39 is 5.82 Å². The van der Waals surface area contributed by atoms with Gasteiger partial charge in [0.15, 0.2) is 5.82 Å². The Morgan fingerprint density at radius 3 is 2.60 bits per heavy atom. The molecule has 0 radical (unpaired) electrons. The van der Waals surface area contributed by atoms with Crippen molar-refractivity contribution in [2.45, 2.75) is 4.90 Å². The second-order valence-corrected chi connectivity index (χ2v) is 3.72. The molecule has 0 atom stereocenters. The minimum Gasteiger partial charge on any atom is -0.204 e. The summed E-state index contributed by atoms with van der Waals surface area (Å²) in [5.41, 5.74) is 0. The van der Waals surface area contributed by atoms with E-state index in [4.69, 9.17) is 11.6 Å². The molecule has 1 aromatic rings. The van der Waals surface area contributed by atoms with Crippen LogP contribution in [-0.2, 0) is 0 Å². The van der Waals surface area contributed by atoms with E-state index >= 15 is 0 Å². The largest absolute Gasteiger partial charge is 0.204 e. The van der Waals surface area contributed by atoms with Gasteiger partial charge in [-0.2, -0.15) is 0 Å². The highest BCUT2D eigenvalue weighted by Gasteiger charge is 2.05. The third-order valence-corrected chi connectivity index (χ3v) is 2.95. The van der Waals surface area contributed by atoms with E-state index in [0.717, 1.165) is 0 Å². The van der Waals surface area contributed by atoms with Crippen LogP contribution in [0, 0.1) is 9.39 Å². The molecule has 0 amide bonds. The van der Waals surface area contributed by atoms with Gasteiger partial charge in [-0.3, -0.25) is 0 Å². The van der Waals surface area contributed by atoms with Gasteiger partial charge in [0.05, 0.1) is 5.02 Å². The molecule has 4 heteroatoms. The molecule has 54 valence electrons. The molecule has 0 aliphatic heterocycles. The van der Waals surface area contributed by atoms with Crippen LogP contribution in [0.2, 0.25) is 5.02 Å². The van der Waals surface area contributed by atoms with E-state index in [-0.39, 0.29) is 9.92 Å². The van der Waals surface area contributed by atoms with Crippen molar-refractivity contribution < 1.29 is 4.39 Å². The number of hydrogen-bond acceptors (Lipinski definition) is 1. The number of hydrogen-bond donors (Lipinski definition) is 1. The fourth-order valence-corrected chi connectivity index (χ4v) is 1.35. The zero-order chi connectivity index (χ0) is 7.72. The van der Waals surface area contributed by atoms with E-state index in [1.54, 1.807) is 12.1 Å². The average Bonchev–Trinajstić information content (AvgIpc) is 1.93. The van der Waals surface area contributed by atoms with Gasteiger partial charge >= 0.3 is 0 Å². The van der Waals surface area contributed by atoms with Gasteiger partial charge in [-0.25, -0.2) is 4.39 Å². The second kappa shape index (κ2) is 3.28. The summed E-state index contributed by atoms with van der Waals surface area (Å²) in [7, 11) is 0. The molecule has 0 saturated carbocycles. The van der Waals surface area contributed by atoms with Crippen molar-refractivity contribution in [1.29, 1.82) is 0 Å². The molecule has 1 rings (SSSR count). The highest BCUT2D eigenvalue weighted by Crippen LogP contribution is 2.25. The molecule has 0 spiro atoms. The predicted octanol–water partition coefficient (Wildman–Crippen LogP) is 3.37. The topological polar surface area (TPSA) is 0 Å². The maximum absolute atomic E-state index is 12.8. The number of rotatable bonds is 0. The fourth-order valence-electron chi connectivity index (χ4n) is 0.516. The van der Waals surface area contributed by atoms with Gasteiger partial charge in [0.25, 0.3) is 0 Å². The van der Waals surface area contributed by atoms with Gasteiger partial charge in [-0.1, -0.05) is 11.6 Å². The van der Waals surface area contributed by atoms with Crippen molar-refractivity contribution in [1.82, 2.24) is 0 Å². The SMILES string of the molecule is Fc1c(S)ccc(I)c1Cl. The van der Waals surface area contributed by atoms with E-state index in [1.165, 1.54) is 0 Å². The van der Waals surface area contributed by atoms with Crippen molar-refractivity contribution in [2.75, 3.05) is 0 Å². The van der Waals surface area contributed by atoms with E-state index in [9.17, 15) is 4.39 Å². The summed E-state index contributed by atoms with van der Waals surface area (Å²) >= 11 is 11.4. The van der Waals surface area contributed by atoms with Gasteiger partial charge in [0.2, 0.25) is 0 Å². The number of thiol groups is 1. The van der Waals surface area contributed by atoms with Gasteiger partial charge in [-0.05, 0) is 34.7 Å². The molecule has 0 N–H and O–H groups in total. The van der Waals surface area contributed by atoms with Gasteiger partial charge < -0.3 is 0 Å². The lowest BCUT2D eigenvalue weighted by molar-refractivity contribution is 0.602. The van der Waals surface area contributed by atoms with Gasteiger partial charge in [0, 0.05) is 8.47 Å². The Balaban J connectivity index is 3.34. The molecule has 0 aromatic heterocycles. The minimum atomic E-state index is -0.447. The Bertz CT molecular complexity index is 237. The Morgan fingerprint density at radius 1 is 1.50 bits per heavy atom. The molecule has 1 aromatic carbocycles. The van der Waals surface area contributed by atoms with Crippen LogP contribution in [0.25, 0.3) is 0 Å². The van der Waals surface area contributed by atoms with Crippen LogP contribution in [0.3, 0.4) is 0 Å². The monoisotopic (exact) mass is 288 g/mol. The summed E-state index contributed by atoms with van der Waals surface area (Å²) in [6.07, 6.45) is 0. The smallest absolute Gasteiger partial charge is 0.156 e. The molecule has 0 aliphatic rings. The van der Waals surface area contributed by atoms with Crippen molar-refractivity contribution >= 4 is 46.8 Å². The molecule has 0 unspecified atom stereocenters. The predicted molar refractivity (Wildman–Crippen MR) is 51.4 cm³/mol. The molecule has 10 heavy (non-hydrogen) atoms. The summed E-state index contributed by atoms with van der Waals surface area (Å²) in [4.78, 5) is 0.283. The molecule has 0 aliphatic carbocycles. The van der Waals surface area contributed by atoms with Crippen LogP contribution in [-0.4, -0.2) is 0 Å². The Labute approximate surface area is 82.3 Å².